The monoisotopic (exact) mass is 263 g/mol. The first-order valence-corrected chi connectivity index (χ1v) is 4.62. The fraction of sp³-hybridized carbons (Fsp3) is 0.200. The summed E-state index contributed by atoms with van der Waals surface area (Å²) >= 11 is 0. The number of hydrogen-bond acceptors (Lipinski definition) is 3. The number of phenolic OH excluding ortho intramolecular Hbond substituents is 1. The first-order chi connectivity index (χ1) is 8.20. The zero-order valence-corrected chi connectivity index (χ0v) is 8.78. The standard InChI is InChI=1S/C10H8F3NO4/c11-10(12,13)9(18)14-6-3-5(4-8(16)17)1-2-7(6)15/h1-3,15H,4H2,(H,14,18)(H,16,17). The van der Waals surface area contributed by atoms with Crippen molar-refractivity contribution in [2.24, 2.45) is 0 Å². The lowest BCUT2D eigenvalue weighted by Crippen LogP contribution is -2.30. The van der Waals surface area contributed by atoms with Crippen molar-refractivity contribution in [3.8, 4) is 5.75 Å². The molecule has 0 saturated carbocycles. The van der Waals surface area contributed by atoms with Crippen molar-refractivity contribution in [2.45, 2.75) is 12.6 Å². The molecule has 1 aromatic carbocycles. The van der Waals surface area contributed by atoms with Crippen LogP contribution in [0.25, 0.3) is 0 Å². The fourth-order valence-electron chi connectivity index (χ4n) is 1.16. The highest BCUT2D eigenvalue weighted by Gasteiger charge is 2.39. The highest BCUT2D eigenvalue weighted by molar-refractivity contribution is 5.96. The summed E-state index contributed by atoms with van der Waals surface area (Å²) in [6.45, 7) is 0. The van der Waals surface area contributed by atoms with Gasteiger partial charge in [-0.05, 0) is 17.7 Å². The van der Waals surface area contributed by atoms with Crippen LogP contribution in [0.4, 0.5) is 18.9 Å². The van der Waals surface area contributed by atoms with Gasteiger partial charge in [-0.15, -0.1) is 0 Å². The molecule has 0 atom stereocenters. The van der Waals surface area contributed by atoms with Crippen LogP contribution in [0.5, 0.6) is 5.75 Å². The van der Waals surface area contributed by atoms with Crippen molar-refractivity contribution >= 4 is 17.6 Å². The van der Waals surface area contributed by atoms with Gasteiger partial charge >= 0.3 is 18.1 Å². The molecule has 1 aromatic rings. The van der Waals surface area contributed by atoms with Crippen LogP contribution in [0.15, 0.2) is 18.2 Å². The third-order valence-electron chi connectivity index (χ3n) is 1.92. The van der Waals surface area contributed by atoms with Crippen molar-refractivity contribution in [1.82, 2.24) is 0 Å². The number of phenols is 1. The molecule has 0 aliphatic rings. The van der Waals surface area contributed by atoms with Gasteiger partial charge in [-0.2, -0.15) is 13.2 Å². The van der Waals surface area contributed by atoms with Crippen LogP contribution in [0.2, 0.25) is 0 Å². The third-order valence-corrected chi connectivity index (χ3v) is 1.92. The lowest BCUT2D eigenvalue weighted by molar-refractivity contribution is -0.167. The Morgan fingerprint density at radius 1 is 1.28 bits per heavy atom. The number of aromatic hydroxyl groups is 1. The summed E-state index contributed by atoms with van der Waals surface area (Å²) in [5.74, 6) is -4.01. The summed E-state index contributed by atoms with van der Waals surface area (Å²) in [5, 5.41) is 19.2. The molecule has 1 amide bonds. The second-order valence-electron chi connectivity index (χ2n) is 3.37. The number of amides is 1. The van der Waals surface area contributed by atoms with E-state index in [0.717, 1.165) is 12.1 Å². The summed E-state index contributed by atoms with van der Waals surface area (Å²) < 4.78 is 36.0. The molecule has 0 unspecified atom stereocenters. The van der Waals surface area contributed by atoms with Crippen LogP contribution in [-0.2, 0) is 16.0 Å². The van der Waals surface area contributed by atoms with Crippen molar-refractivity contribution in [2.75, 3.05) is 5.32 Å². The van der Waals surface area contributed by atoms with E-state index in [1.165, 1.54) is 11.4 Å². The summed E-state index contributed by atoms with van der Waals surface area (Å²) in [7, 11) is 0. The molecule has 5 nitrogen and oxygen atoms in total. The molecule has 18 heavy (non-hydrogen) atoms. The highest BCUT2D eigenvalue weighted by atomic mass is 19.4. The largest absolute Gasteiger partial charge is 0.506 e. The Labute approximate surface area is 98.8 Å². The minimum atomic E-state index is -5.09. The van der Waals surface area contributed by atoms with Crippen molar-refractivity contribution in [3.05, 3.63) is 23.8 Å². The van der Waals surface area contributed by atoms with Gasteiger partial charge in [0.25, 0.3) is 0 Å². The van der Waals surface area contributed by atoms with Crippen LogP contribution in [-0.4, -0.2) is 28.3 Å². The molecule has 0 saturated heterocycles. The van der Waals surface area contributed by atoms with E-state index in [2.05, 4.69) is 0 Å². The van der Waals surface area contributed by atoms with E-state index >= 15 is 0 Å². The Kier molecular flexibility index (Phi) is 3.79. The Morgan fingerprint density at radius 2 is 1.89 bits per heavy atom. The van der Waals surface area contributed by atoms with Crippen LogP contribution in [0.1, 0.15) is 5.56 Å². The van der Waals surface area contributed by atoms with Crippen LogP contribution >= 0.6 is 0 Å². The van der Waals surface area contributed by atoms with Crippen molar-refractivity contribution in [3.63, 3.8) is 0 Å². The van der Waals surface area contributed by atoms with Gasteiger partial charge in [0.15, 0.2) is 0 Å². The molecule has 0 aliphatic carbocycles. The first-order valence-electron chi connectivity index (χ1n) is 4.62. The number of carbonyl (C=O) groups excluding carboxylic acids is 1. The van der Waals surface area contributed by atoms with E-state index in [1.54, 1.807) is 0 Å². The normalized spacial score (nSPS) is 11.1. The van der Waals surface area contributed by atoms with E-state index in [1.807, 2.05) is 0 Å². The molecule has 0 fully saturated rings. The quantitative estimate of drug-likeness (QED) is 0.721. The van der Waals surface area contributed by atoms with Crippen LogP contribution in [0, 0.1) is 0 Å². The molecule has 0 aliphatic heterocycles. The van der Waals surface area contributed by atoms with Gasteiger partial charge in [-0.1, -0.05) is 6.07 Å². The second-order valence-corrected chi connectivity index (χ2v) is 3.37. The summed E-state index contributed by atoms with van der Waals surface area (Å²) in [6, 6.07) is 3.20. The van der Waals surface area contributed by atoms with E-state index in [-0.39, 0.29) is 5.56 Å². The lowest BCUT2D eigenvalue weighted by atomic mass is 10.1. The number of rotatable bonds is 3. The van der Waals surface area contributed by atoms with E-state index in [9.17, 15) is 27.9 Å². The Balaban J connectivity index is 2.94. The van der Waals surface area contributed by atoms with Gasteiger partial charge in [0.05, 0.1) is 12.1 Å². The molecule has 8 heteroatoms. The van der Waals surface area contributed by atoms with E-state index in [0.29, 0.717) is 0 Å². The van der Waals surface area contributed by atoms with Gasteiger partial charge in [0, 0.05) is 0 Å². The van der Waals surface area contributed by atoms with Gasteiger partial charge < -0.3 is 15.5 Å². The minimum absolute atomic E-state index is 0.151. The third kappa shape index (κ3) is 3.65. The first kappa shape index (κ1) is 13.8. The van der Waals surface area contributed by atoms with Gasteiger partial charge in [-0.25, -0.2) is 0 Å². The molecule has 0 heterocycles. The van der Waals surface area contributed by atoms with Gasteiger partial charge in [0.1, 0.15) is 5.75 Å². The number of nitrogens with one attached hydrogen (secondary N) is 1. The zero-order chi connectivity index (χ0) is 13.9. The lowest BCUT2D eigenvalue weighted by Gasteiger charge is -2.10. The molecule has 1 rings (SSSR count). The zero-order valence-electron chi connectivity index (χ0n) is 8.78. The summed E-state index contributed by atoms with van der Waals surface area (Å²) in [6.07, 6.45) is -5.52. The number of benzene rings is 1. The molecule has 0 radical (unpaired) electrons. The number of aliphatic carboxylic acids is 1. The Morgan fingerprint density at radius 3 is 2.39 bits per heavy atom. The van der Waals surface area contributed by atoms with Crippen LogP contribution < -0.4 is 5.32 Å². The topological polar surface area (TPSA) is 86.6 Å². The predicted molar refractivity (Wildman–Crippen MR) is 54.1 cm³/mol. The van der Waals surface area contributed by atoms with Gasteiger partial charge in [0.2, 0.25) is 0 Å². The van der Waals surface area contributed by atoms with E-state index in [4.69, 9.17) is 5.11 Å². The molecular weight excluding hydrogens is 255 g/mol. The molecule has 0 bridgehead atoms. The Bertz CT molecular complexity index is 485. The number of hydrogen-bond donors (Lipinski definition) is 3. The van der Waals surface area contributed by atoms with Crippen molar-refractivity contribution in [1.29, 1.82) is 0 Å². The average molecular weight is 263 g/mol. The number of carbonyl (C=O) groups is 2. The van der Waals surface area contributed by atoms with Crippen LogP contribution in [0.3, 0.4) is 0 Å². The summed E-state index contributed by atoms with van der Waals surface area (Å²) in [5.41, 5.74) is -0.339. The molecule has 98 valence electrons. The van der Waals surface area contributed by atoms with Gasteiger partial charge in [-0.3, -0.25) is 9.59 Å². The minimum Gasteiger partial charge on any atom is -0.506 e. The maximum absolute atomic E-state index is 12.0. The molecule has 3 N–H and O–H groups in total. The number of carboxylic acid groups (broad SMARTS) is 1. The maximum Gasteiger partial charge on any atom is 0.471 e. The fourth-order valence-corrected chi connectivity index (χ4v) is 1.16. The molecular formula is C10H8F3NO4. The highest BCUT2D eigenvalue weighted by Crippen LogP contribution is 2.26. The molecule has 0 aromatic heterocycles. The maximum atomic E-state index is 12.0. The Hall–Kier alpha value is -2.25. The second kappa shape index (κ2) is 4.94. The molecule has 0 spiro atoms. The smallest absolute Gasteiger partial charge is 0.471 e. The predicted octanol–water partition coefficient (Wildman–Crippen LogP) is 1.52. The number of anilines is 1. The van der Waals surface area contributed by atoms with Crippen molar-refractivity contribution < 1.29 is 33.0 Å². The number of alkyl halides is 3. The SMILES string of the molecule is O=C(O)Cc1ccc(O)c(NC(=O)C(F)(F)F)c1. The van der Waals surface area contributed by atoms with E-state index < -0.39 is 35.9 Å². The summed E-state index contributed by atoms with van der Waals surface area (Å²) in [4.78, 5) is 21.1. The number of carboxylic acids is 1. The number of halogens is 3. The average Bonchev–Trinajstić information content (AvgIpc) is 2.20.